The van der Waals surface area contributed by atoms with Crippen LogP contribution in [-0.4, -0.2) is 66.2 Å². The summed E-state index contributed by atoms with van der Waals surface area (Å²) in [6, 6.07) is 0.0366. The predicted octanol–water partition coefficient (Wildman–Crippen LogP) is -0.0568. The monoisotopic (exact) mass is 265 g/mol. The molecule has 0 radical (unpaired) electrons. The Kier molecular flexibility index (Phi) is 3.96. The van der Waals surface area contributed by atoms with E-state index in [0.29, 0.717) is 18.8 Å². The highest BCUT2D eigenvalue weighted by atomic mass is 16.3. The van der Waals surface area contributed by atoms with E-state index in [4.69, 9.17) is 0 Å². The fraction of sp³-hybridized carbons (Fsp3) is 0.643. The van der Waals surface area contributed by atoms with Gasteiger partial charge < -0.3 is 20.2 Å². The molecule has 0 unspecified atom stereocenters. The van der Waals surface area contributed by atoms with Crippen LogP contribution in [0.15, 0.2) is 23.9 Å². The van der Waals surface area contributed by atoms with E-state index >= 15 is 0 Å². The molecule has 2 heterocycles. The largest absolute Gasteiger partial charge is 0.385 e. The third-order valence-corrected chi connectivity index (χ3v) is 4.02. The molecule has 0 bridgehead atoms. The number of likely N-dealkylation sites (N-methyl/N-ethyl adjacent to an activating group) is 2. The van der Waals surface area contributed by atoms with E-state index in [9.17, 15) is 9.90 Å². The maximum atomic E-state index is 12.3. The number of carbonyl (C=O) groups is 1. The van der Waals surface area contributed by atoms with Crippen molar-refractivity contribution in [2.75, 3.05) is 33.7 Å². The Balaban J connectivity index is 1.98. The second-order valence-corrected chi connectivity index (χ2v) is 5.37. The number of carbonyl (C=O) groups excluding carboxylic acids is 1. The minimum atomic E-state index is -0.789. The Hall–Kier alpha value is -1.33. The van der Waals surface area contributed by atoms with E-state index < -0.39 is 5.60 Å². The zero-order valence-electron chi connectivity index (χ0n) is 11.9. The van der Waals surface area contributed by atoms with Crippen LogP contribution in [0.5, 0.6) is 0 Å². The molecule has 1 atom stereocenters. The van der Waals surface area contributed by atoms with Crippen LogP contribution in [0.4, 0.5) is 0 Å². The van der Waals surface area contributed by atoms with E-state index in [1.807, 2.05) is 44.1 Å². The van der Waals surface area contributed by atoms with E-state index in [1.54, 1.807) is 4.90 Å². The van der Waals surface area contributed by atoms with E-state index in [0.717, 1.165) is 13.0 Å². The number of likely N-dealkylation sites (tertiary alicyclic amines) is 1. The van der Waals surface area contributed by atoms with Crippen molar-refractivity contribution in [2.45, 2.75) is 25.0 Å². The molecule has 0 aromatic rings. The fourth-order valence-corrected chi connectivity index (χ4v) is 2.83. The Morgan fingerprint density at radius 1 is 1.58 bits per heavy atom. The van der Waals surface area contributed by atoms with Crippen LogP contribution in [0.1, 0.15) is 13.3 Å². The molecule has 1 saturated heterocycles. The lowest BCUT2D eigenvalue weighted by Crippen LogP contribution is -2.71. The summed E-state index contributed by atoms with van der Waals surface area (Å²) in [6.07, 6.45) is 6.60. The van der Waals surface area contributed by atoms with Gasteiger partial charge in [-0.05, 0) is 19.5 Å². The number of nitrogens with one attached hydrogen (secondary N) is 1. The third kappa shape index (κ3) is 2.53. The molecule has 0 aromatic heterocycles. The summed E-state index contributed by atoms with van der Waals surface area (Å²) < 4.78 is 0. The molecule has 1 fully saturated rings. The van der Waals surface area contributed by atoms with Crippen LogP contribution in [0.3, 0.4) is 0 Å². The molecule has 5 heteroatoms. The van der Waals surface area contributed by atoms with Gasteiger partial charge in [-0.3, -0.25) is 4.79 Å². The van der Waals surface area contributed by atoms with Gasteiger partial charge in [0, 0.05) is 19.6 Å². The molecule has 106 valence electrons. The van der Waals surface area contributed by atoms with Crippen molar-refractivity contribution in [3.05, 3.63) is 23.9 Å². The summed E-state index contributed by atoms with van der Waals surface area (Å²) in [7, 11) is 3.75. The maximum absolute atomic E-state index is 12.3. The molecule has 1 amide bonds. The third-order valence-electron chi connectivity index (χ3n) is 4.02. The lowest BCUT2D eigenvalue weighted by molar-refractivity contribution is -0.158. The first-order valence-corrected chi connectivity index (χ1v) is 6.78. The van der Waals surface area contributed by atoms with Gasteiger partial charge in [-0.25, -0.2) is 0 Å². The van der Waals surface area contributed by atoms with E-state index in [2.05, 4.69) is 5.32 Å². The van der Waals surface area contributed by atoms with Crippen molar-refractivity contribution in [1.29, 1.82) is 0 Å². The summed E-state index contributed by atoms with van der Waals surface area (Å²) in [5, 5.41) is 13.6. The smallest absolute Gasteiger partial charge is 0.270 e. The summed E-state index contributed by atoms with van der Waals surface area (Å²) in [5.41, 5.74) is -0.0925. The van der Waals surface area contributed by atoms with Crippen LogP contribution >= 0.6 is 0 Å². The Morgan fingerprint density at radius 3 is 2.79 bits per heavy atom. The SMILES string of the molecule is CC[C@H](NC)C1(O)CN(C(=O)C2=CC=CCN2C)C1. The standard InChI is InChI=1S/C14H23N3O2/c1-4-12(15-2)14(19)9-17(10-14)13(18)11-7-5-6-8-16(11)3/h5-7,12,15,19H,4,8-10H2,1-3H3/t12-/m0/s1. The van der Waals surface area contributed by atoms with Gasteiger partial charge in [0.15, 0.2) is 0 Å². The quantitative estimate of drug-likeness (QED) is 0.748. The molecule has 0 spiro atoms. The first kappa shape index (κ1) is 14.1. The average molecular weight is 265 g/mol. The molecule has 19 heavy (non-hydrogen) atoms. The summed E-state index contributed by atoms with van der Waals surface area (Å²) in [6.45, 7) is 3.59. The van der Waals surface area contributed by atoms with Crippen molar-refractivity contribution >= 4 is 5.91 Å². The number of allylic oxidation sites excluding steroid dienone is 2. The molecule has 0 aliphatic carbocycles. The van der Waals surface area contributed by atoms with E-state index in [1.165, 1.54) is 0 Å². The Morgan fingerprint density at radius 2 is 2.26 bits per heavy atom. The number of nitrogens with zero attached hydrogens (tertiary/aromatic N) is 2. The highest BCUT2D eigenvalue weighted by Gasteiger charge is 2.48. The number of rotatable bonds is 4. The Bertz CT molecular complexity index is 407. The summed E-state index contributed by atoms with van der Waals surface area (Å²) >= 11 is 0. The van der Waals surface area contributed by atoms with Gasteiger partial charge in [0.25, 0.3) is 5.91 Å². The molecule has 0 saturated carbocycles. The number of amides is 1. The van der Waals surface area contributed by atoms with Gasteiger partial charge in [0.05, 0.1) is 13.1 Å². The van der Waals surface area contributed by atoms with Crippen LogP contribution in [0.2, 0.25) is 0 Å². The van der Waals surface area contributed by atoms with Crippen LogP contribution in [-0.2, 0) is 4.79 Å². The highest BCUT2D eigenvalue weighted by molar-refractivity contribution is 5.94. The number of hydrogen-bond donors (Lipinski definition) is 2. The number of β-amino-alcohol motifs (C(OH)–C–C–N with tert-alkyl or cyclic N) is 1. The molecule has 2 N–H and O–H groups in total. The molecule has 2 aliphatic heterocycles. The van der Waals surface area contributed by atoms with Crippen LogP contribution in [0.25, 0.3) is 0 Å². The number of hydrogen-bond acceptors (Lipinski definition) is 4. The lowest BCUT2D eigenvalue weighted by Gasteiger charge is -2.51. The molecule has 5 nitrogen and oxygen atoms in total. The van der Waals surface area contributed by atoms with Crippen LogP contribution in [0, 0.1) is 0 Å². The maximum Gasteiger partial charge on any atom is 0.270 e. The number of aliphatic hydroxyl groups is 1. The predicted molar refractivity (Wildman–Crippen MR) is 74.5 cm³/mol. The summed E-state index contributed by atoms with van der Waals surface area (Å²) in [4.78, 5) is 16.0. The topological polar surface area (TPSA) is 55.8 Å². The molecule has 2 rings (SSSR count). The van der Waals surface area contributed by atoms with Gasteiger partial charge in [0.1, 0.15) is 11.3 Å². The zero-order valence-corrected chi connectivity index (χ0v) is 11.9. The fourth-order valence-electron chi connectivity index (χ4n) is 2.83. The minimum Gasteiger partial charge on any atom is -0.385 e. The van der Waals surface area contributed by atoms with Crippen molar-refractivity contribution in [2.24, 2.45) is 0 Å². The van der Waals surface area contributed by atoms with Crippen molar-refractivity contribution in [3.63, 3.8) is 0 Å². The first-order chi connectivity index (χ1) is 9.01. The second-order valence-electron chi connectivity index (χ2n) is 5.37. The molecular weight excluding hydrogens is 242 g/mol. The normalized spacial score (nSPS) is 22.8. The average Bonchev–Trinajstić information content (AvgIpc) is 2.37. The zero-order chi connectivity index (χ0) is 14.0. The molecule has 2 aliphatic rings. The van der Waals surface area contributed by atoms with Gasteiger partial charge in [-0.15, -0.1) is 0 Å². The van der Waals surface area contributed by atoms with Gasteiger partial charge in [0.2, 0.25) is 0 Å². The Labute approximate surface area is 114 Å². The lowest BCUT2D eigenvalue weighted by atomic mass is 9.84. The minimum absolute atomic E-state index is 0.00230. The van der Waals surface area contributed by atoms with Crippen molar-refractivity contribution in [1.82, 2.24) is 15.1 Å². The van der Waals surface area contributed by atoms with Crippen LogP contribution < -0.4 is 5.32 Å². The molecule has 0 aromatic carbocycles. The van der Waals surface area contributed by atoms with E-state index in [-0.39, 0.29) is 11.9 Å². The van der Waals surface area contributed by atoms with Gasteiger partial charge in [-0.2, -0.15) is 0 Å². The molecular formula is C14H23N3O2. The van der Waals surface area contributed by atoms with Crippen molar-refractivity contribution < 1.29 is 9.90 Å². The first-order valence-electron chi connectivity index (χ1n) is 6.78. The van der Waals surface area contributed by atoms with Gasteiger partial charge in [-0.1, -0.05) is 19.1 Å². The summed E-state index contributed by atoms with van der Waals surface area (Å²) in [5.74, 6) is 0.00230. The van der Waals surface area contributed by atoms with Gasteiger partial charge >= 0.3 is 0 Å². The van der Waals surface area contributed by atoms with Crippen molar-refractivity contribution in [3.8, 4) is 0 Å². The highest BCUT2D eigenvalue weighted by Crippen LogP contribution is 2.28. The second kappa shape index (κ2) is 5.35.